The van der Waals surface area contributed by atoms with E-state index in [2.05, 4.69) is 31.9 Å². The number of benzene rings is 2. The van der Waals surface area contributed by atoms with Gasteiger partial charge in [0, 0.05) is 26.4 Å². The first-order valence-corrected chi connectivity index (χ1v) is 12.3. The molecule has 0 amide bonds. The van der Waals surface area contributed by atoms with Crippen LogP contribution in [0, 0.1) is 0 Å². The molecule has 0 atom stereocenters. The first-order valence-electron chi connectivity index (χ1n) is 10.8. The van der Waals surface area contributed by atoms with Crippen molar-refractivity contribution < 1.29 is 28.4 Å². The molecule has 0 saturated heterocycles. The van der Waals surface area contributed by atoms with Gasteiger partial charge >= 0.3 is 0 Å². The molecule has 32 heavy (non-hydrogen) atoms. The summed E-state index contributed by atoms with van der Waals surface area (Å²) in [6.45, 7) is 11.0. The first-order chi connectivity index (χ1) is 15.5. The van der Waals surface area contributed by atoms with Crippen LogP contribution in [-0.4, -0.2) is 52.2 Å². The average Bonchev–Trinajstić information content (AvgIpc) is 2.79. The fraction of sp³-hybridized carbons (Fsp3) is 0.500. The fourth-order valence-electron chi connectivity index (χ4n) is 2.47. The highest BCUT2D eigenvalue weighted by Crippen LogP contribution is 2.24. The smallest absolute Gasteiger partial charge is 0.191 e. The number of halogens is 2. The van der Waals surface area contributed by atoms with Crippen LogP contribution in [0.25, 0.3) is 0 Å². The largest absolute Gasteiger partial charge is 0.487 e. The summed E-state index contributed by atoms with van der Waals surface area (Å²) in [4.78, 5) is 0. The molecule has 2 rings (SSSR count). The number of rotatable bonds is 14. The Morgan fingerprint density at radius 2 is 0.875 bits per heavy atom. The molecule has 0 aliphatic heterocycles. The maximum absolute atomic E-state index is 5.61. The highest BCUT2D eigenvalue weighted by Gasteiger charge is 2.10. The van der Waals surface area contributed by atoms with Crippen molar-refractivity contribution in [3.8, 4) is 11.5 Å². The van der Waals surface area contributed by atoms with Crippen LogP contribution in [0.4, 0.5) is 0 Å². The average molecular weight is 578 g/mol. The molecule has 6 nitrogen and oxygen atoms in total. The number of hydrogen-bond donors (Lipinski definition) is 0. The van der Waals surface area contributed by atoms with E-state index >= 15 is 0 Å². The van der Waals surface area contributed by atoms with Gasteiger partial charge in [-0.3, -0.25) is 0 Å². The van der Waals surface area contributed by atoms with E-state index in [1.54, 1.807) is 0 Å². The molecule has 2 aromatic rings. The van der Waals surface area contributed by atoms with E-state index in [4.69, 9.17) is 28.4 Å². The predicted octanol–water partition coefficient (Wildman–Crippen LogP) is 6.45. The van der Waals surface area contributed by atoms with Crippen LogP contribution in [0.1, 0.15) is 27.7 Å². The minimum Gasteiger partial charge on any atom is -0.487 e. The van der Waals surface area contributed by atoms with Crippen LogP contribution in [-0.2, 0) is 18.9 Å². The fourth-order valence-corrected chi connectivity index (χ4v) is 3.27. The van der Waals surface area contributed by atoms with Gasteiger partial charge in [-0.15, -0.1) is 0 Å². The molecule has 0 heterocycles. The molecule has 0 bridgehead atoms. The standard InChI is InChI=1S/2C12H17BrO3/c2*1-3-14-12(15-4-2)9-16-11-8-6-5-7-10(11)13/h2*5-8,12H,3-4,9H2,1-2H3. The third-order valence-electron chi connectivity index (χ3n) is 3.83. The topological polar surface area (TPSA) is 55.4 Å². The van der Waals surface area contributed by atoms with Crippen molar-refractivity contribution in [2.45, 2.75) is 40.3 Å². The van der Waals surface area contributed by atoms with Gasteiger partial charge in [0.25, 0.3) is 0 Å². The number of para-hydroxylation sites is 2. The maximum atomic E-state index is 5.61. The van der Waals surface area contributed by atoms with Gasteiger partial charge in [-0.25, -0.2) is 0 Å². The minimum atomic E-state index is -0.304. The second kappa shape index (κ2) is 18.3. The molecule has 0 aliphatic carbocycles. The van der Waals surface area contributed by atoms with Crippen molar-refractivity contribution in [1.29, 1.82) is 0 Å². The van der Waals surface area contributed by atoms with E-state index in [0.717, 1.165) is 20.4 Å². The zero-order valence-corrected chi connectivity index (χ0v) is 22.4. The van der Waals surface area contributed by atoms with Crippen molar-refractivity contribution in [1.82, 2.24) is 0 Å². The summed E-state index contributed by atoms with van der Waals surface area (Å²) >= 11 is 6.84. The molecule has 180 valence electrons. The van der Waals surface area contributed by atoms with E-state index < -0.39 is 0 Å². The molecule has 2 aromatic carbocycles. The molecule has 0 N–H and O–H groups in total. The third kappa shape index (κ3) is 12.2. The highest BCUT2D eigenvalue weighted by molar-refractivity contribution is 9.10. The van der Waals surface area contributed by atoms with Crippen LogP contribution in [0.2, 0.25) is 0 Å². The lowest BCUT2D eigenvalue weighted by molar-refractivity contribution is -0.152. The van der Waals surface area contributed by atoms with E-state index in [1.807, 2.05) is 76.2 Å². The molecule has 0 saturated carbocycles. The normalized spacial score (nSPS) is 10.8. The quantitative estimate of drug-likeness (QED) is 0.240. The number of hydrogen-bond acceptors (Lipinski definition) is 6. The second-order valence-electron chi connectivity index (χ2n) is 6.16. The lowest BCUT2D eigenvalue weighted by Crippen LogP contribution is -2.25. The minimum absolute atomic E-state index is 0.304. The lowest BCUT2D eigenvalue weighted by atomic mass is 10.3. The molecule has 0 radical (unpaired) electrons. The monoisotopic (exact) mass is 576 g/mol. The van der Waals surface area contributed by atoms with Gasteiger partial charge in [-0.2, -0.15) is 0 Å². The molecule has 0 fully saturated rings. The molecule has 0 aliphatic rings. The SMILES string of the molecule is CCOC(COc1ccccc1Br)OCC.CCOC(COc1ccccc1Br)OCC. The van der Waals surface area contributed by atoms with Crippen molar-refractivity contribution in [2.24, 2.45) is 0 Å². The first kappa shape index (κ1) is 28.9. The van der Waals surface area contributed by atoms with E-state index in [1.165, 1.54) is 0 Å². The van der Waals surface area contributed by atoms with Crippen molar-refractivity contribution in [3.63, 3.8) is 0 Å². The summed E-state index contributed by atoms with van der Waals surface area (Å²) in [5, 5.41) is 0. The van der Waals surface area contributed by atoms with E-state index in [9.17, 15) is 0 Å². The van der Waals surface area contributed by atoms with Gasteiger partial charge in [0.2, 0.25) is 0 Å². The molecular formula is C24H34Br2O6. The van der Waals surface area contributed by atoms with Gasteiger partial charge < -0.3 is 28.4 Å². The summed E-state index contributed by atoms with van der Waals surface area (Å²) in [6.07, 6.45) is -0.607. The molecule has 8 heteroatoms. The molecule has 0 spiro atoms. The van der Waals surface area contributed by atoms with Gasteiger partial charge in [0.1, 0.15) is 24.7 Å². The second-order valence-corrected chi connectivity index (χ2v) is 7.87. The number of ether oxygens (including phenoxy) is 6. The van der Waals surface area contributed by atoms with Crippen molar-refractivity contribution in [2.75, 3.05) is 39.6 Å². The predicted molar refractivity (Wildman–Crippen MR) is 133 cm³/mol. The third-order valence-corrected chi connectivity index (χ3v) is 5.14. The summed E-state index contributed by atoms with van der Waals surface area (Å²) in [6, 6.07) is 15.4. The van der Waals surface area contributed by atoms with Crippen LogP contribution < -0.4 is 9.47 Å². The van der Waals surface area contributed by atoms with Gasteiger partial charge in [-0.1, -0.05) is 24.3 Å². The molecular weight excluding hydrogens is 544 g/mol. The van der Waals surface area contributed by atoms with E-state index in [0.29, 0.717) is 39.6 Å². The van der Waals surface area contributed by atoms with Crippen LogP contribution in [0.5, 0.6) is 11.5 Å². The van der Waals surface area contributed by atoms with Crippen LogP contribution >= 0.6 is 31.9 Å². The summed E-state index contributed by atoms with van der Waals surface area (Å²) in [7, 11) is 0. The van der Waals surface area contributed by atoms with Crippen LogP contribution in [0.3, 0.4) is 0 Å². The molecule has 0 aromatic heterocycles. The Labute approximate surface area is 208 Å². The van der Waals surface area contributed by atoms with Gasteiger partial charge in [0.15, 0.2) is 12.6 Å². The summed E-state index contributed by atoms with van der Waals surface area (Å²) < 4.78 is 34.6. The van der Waals surface area contributed by atoms with E-state index in [-0.39, 0.29) is 12.6 Å². The van der Waals surface area contributed by atoms with Crippen molar-refractivity contribution >= 4 is 31.9 Å². The van der Waals surface area contributed by atoms with Gasteiger partial charge in [-0.05, 0) is 83.8 Å². The van der Waals surface area contributed by atoms with Crippen molar-refractivity contribution in [3.05, 3.63) is 57.5 Å². The van der Waals surface area contributed by atoms with Crippen LogP contribution in [0.15, 0.2) is 57.5 Å². The highest BCUT2D eigenvalue weighted by atomic mass is 79.9. The summed E-state index contributed by atoms with van der Waals surface area (Å²) in [5.74, 6) is 1.60. The Morgan fingerprint density at radius 1 is 0.562 bits per heavy atom. The maximum Gasteiger partial charge on any atom is 0.191 e. The van der Waals surface area contributed by atoms with Gasteiger partial charge in [0.05, 0.1) is 8.95 Å². The Kier molecular flexibility index (Phi) is 16.5. The molecule has 0 unspecified atom stereocenters. The Balaban J connectivity index is 0.000000320. The zero-order valence-electron chi connectivity index (χ0n) is 19.2. The Bertz CT molecular complexity index is 658. The Hall–Kier alpha value is -1.16. The lowest BCUT2D eigenvalue weighted by Gasteiger charge is -2.17. The Morgan fingerprint density at radius 3 is 1.16 bits per heavy atom. The summed E-state index contributed by atoms with van der Waals surface area (Å²) in [5.41, 5.74) is 0. The zero-order chi connectivity index (χ0) is 23.6.